The Kier molecular flexibility index (Phi) is 8.69. The van der Waals surface area contributed by atoms with E-state index in [0.717, 1.165) is 11.1 Å². The molecule has 0 fully saturated rings. The van der Waals surface area contributed by atoms with Gasteiger partial charge in [0.2, 0.25) is 0 Å². The minimum atomic E-state index is -0.408. The van der Waals surface area contributed by atoms with Gasteiger partial charge in [0, 0.05) is 11.1 Å². The summed E-state index contributed by atoms with van der Waals surface area (Å²) in [5.41, 5.74) is 1.60. The third-order valence-corrected chi connectivity index (χ3v) is 4.28. The Morgan fingerprint density at radius 3 is 2.09 bits per heavy atom. The Hall–Kier alpha value is -3.27. The zero-order valence-corrected chi connectivity index (χ0v) is 20.7. The predicted molar refractivity (Wildman–Crippen MR) is 137 cm³/mol. The minimum absolute atomic E-state index is 0.0937. The second-order valence-electron chi connectivity index (χ2n) is 9.75. The molecule has 2 rings (SSSR count). The van der Waals surface area contributed by atoms with E-state index in [1.54, 1.807) is 42.5 Å². The van der Waals surface area contributed by atoms with Crippen molar-refractivity contribution in [2.24, 2.45) is 0 Å². The lowest BCUT2D eigenvalue weighted by atomic mass is 10.0. The highest BCUT2D eigenvalue weighted by Crippen LogP contribution is 2.38. The summed E-state index contributed by atoms with van der Waals surface area (Å²) < 4.78 is 18.0. The van der Waals surface area contributed by atoms with Gasteiger partial charge in [-0.1, -0.05) is 24.8 Å². The molecule has 33 heavy (non-hydrogen) atoms. The molecule has 0 aromatic heterocycles. The number of rotatable bonds is 10. The van der Waals surface area contributed by atoms with Gasteiger partial charge in [-0.3, -0.25) is 4.79 Å². The van der Waals surface area contributed by atoms with Crippen molar-refractivity contribution >= 4 is 11.9 Å². The number of carbonyl (C=O) groups is 1. The number of ether oxygens (including phenoxy) is 3. The van der Waals surface area contributed by atoms with Crippen LogP contribution in [0, 0.1) is 0 Å². The molecule has 2 aromatic rings. The largest absolute Gasteiger partial charge is 0.490 e. The van der Waals surface area contributed by atoms with Crippen LogP contribution in [-0.2, 0) is 6.42 Å². The summed E-state index contributed by atoms with van der Waals surface area (Å²) in [6.07, 6.45) is 7.50. The van der Waals surface area contributed by atoms with Crippen molar-refractivity contribution < 1.29 is 19.0 Å². The van der Waals surface area contributed by atoms with Crippen LogP contribution in [0.15, 0.2) is 67.8 Å². The lowest BCUT2D eigenvalue weighted by Gasteiger charge is -2.29. The van der Waals surface area contributed by atoms with Crippen LogP contribution in [-0.4, -0.2) is 23.6 Å². The molecule has 0 aliphatic carbocycles. The Morgan fingerprint density at radius 1 is 0.909 bits per heavy atom. The molecule has 2 aromatic carbocycles. The van der Waals surface area contributed by atoms with Crippen molar-refractivity contribution in [3.63, 3.8) is 0 Å². The minimum Gasteiger partial charge on any atom is -0.490 e. The van der Waals surface area contributed by atoms with Crippen LogP contribution in [0.4, 0.5) is 0 Å². The van der Waals surface area contributed by atoms with E-state index in [-0.39, 0.29) is 11.4 Å². The molecular formula is C29H36O4. The average molecular weight is 449 g/mol. The van der Waals surface area contributed by atoms with Crippen molar-refractivity contribution in [1.82, 2.24) is 0 Å². The quantitative estimate of drug-likeness (QED) is 0.218. The van der Waals surface area contributed by atoms with Crippen LogP contribution in [0.5, 0.6) is 17.2 Å². The highest BCUT2D eigenvalue weighted by atomic mass is 16.5. The molecule has 0 unspecified atom stereocenters. The maximum atomic E-state index is 12.7. The molecular weight excluding hydrogens is 412 g/mol. The van der Waals surface area contributed by atoms with Crippen LogP contribution in [0.25, 0.3) is 6.08 Å². The van der Waals surface area contributed by atoms with Gasteiger partial charge in [0.1, 0.15) is 23.6 Å². The van der Waals surface area contributed by atoms with Gasteiger partial charge in [-0.05, 0) is 96.0 Å². The normalized spacial score (nSPS) is 11.8. The van der Waals surface area contributed by atoms with Gasteiger partial charge in [0.25, 0.3) is 0 Å². The third-order valence-electron chi connectivity index (χ3n) is 4.28. The molecule has 0 atom stereocenters. The van der Waals surface area contributed by atoms with Gasteiger partial charge in [0.15, 0.2) is 17.3 Å². The standard InChI is InChI=1S/C29H36O4/c1-9-11-23-19-21(20-26(32-28(3,4)5)27(23)33-29(6,7)8)12-17-25(30)22-13-15-24(16-14-22)31-18-10-2/h9-10,12-17,19-20H,1-2,11,18H2,3-8H3. The predicted octanol–water partition coefficient (Wildman–Crippen LogP) is 7.23. The summed E-state index contributed by atoms with van der Waals surface area (Å²) in [5, 5.41) is 0. The SMILES string of the molecule is C=CCOc1ccc(C(=O)C=Cc2cc(CC=C)c(OC(C)(C)C)c(OC(C)(C)C)c2)cc1. The fourth-order valence-corrected chi connectivity index (χ4v) is 3.05. The van der Waals surface area contributed by atoms with Crippen molar-refractivity contribution in [3.8, 4) is 17.2 Å². The lowest BCUT2D eigenvalue weighted by molar-refractivity contribution is 0.0948. The van der Waals surface area contributed by atoms with Gasteiger partial charge in [0.05, 0.1) is 0 Å². The molecule has 0 heterocycles. The maximum Gasteiger partial charge on any atom is 0.185 e. The van der Waals surface area contributed by atoms with Crippen molar-refractivity contribution in [2.75, 3.05) is 6.61 Å². The van der Waals surface area contributed by atoms with Crippen LogP contribution < -0.4 is 14.2 Å². The molecule has 0 amide bonds. The summed E-state index contributed by atoms with van der Waals surface area (Å²) in [6.45, 7) is 19.9. The molecule has 0 saturated carbocycles. The molecule has 0 N–H and O–H groups in total. The second-order valence-corrected chi connectivity index (χ2v) is 9.75. The monoisotopic (exact) mass is 448 g/mol. The van der Waals surface area contributed by atoms with Gasteiger partial charge < -0.3 is 14.2 Å². The Labute approximate surface area is 198 Å². The number of benzene rings is 2. The number of carbonyl (C=O) groups excluding carboxylic acids is 1. The zero-order chi connectivity index (χ0) is 24.6. The van der Waals surface area contributed by atoms with E-state index >= 15 is 0 Å². The van der Waals surface area contributed by atoms with Crippen molar-refractivity contribution in [1.29, 1.82) is 0 Å². The third kappa shape index (κ3) is 8.64. The van der Waals surface area contributed by atoms with Crippen molar-refractivity contribution in [3.05, 3.63) is 84.5 Å². The maximum absolute atomic E-state index is 12.7. The van der Waals surface area contributed by atoms with E-state index in [0.29, 0.717) is 35.8 Å². The molecule has 0 aliphatic heterocycles. The van der Waals surface area contributed by atoms with E-state index in [1.807, 2.05) is 59.8 Å². The van der Waals surface area contributed by atoms with Crippen LogP contribution in [0.2, 0.25) is 0 Å². The fourth-order valence-electron chi connectivity index (χ4n) is 3.05. The van der Waals surface area contributed by atoms with Crippen molar-refractivity contribution in [2.45, 2.75) is 59.2 Å². The summed E-state index contributed by atoms with van der Waals surface area (Å²) in [4.78, 5) is 12.7. The number of hydrogen-bond acceptors (Lipinski definition) is 4. The smallest absolute Gasteiger partial charge is 0.185 e. The van der Waals surface area contributed by atoms with E-state index < -0.39 is 5.60 Å². The van der Waals surface area contributed by atoms with Crippen LogP contribution in [0.1, 0.15) is 63.0 Å². The van der Waals surface area contributed by atoms with Gasteiger partial charge >= 0.3 is 0 Å². The molecule has 0 radical (unpaired) electrons. The fraction of sp³-hybridized carbons (Fsp3) is 0.345. The van der Waals surface area contributed by atoms with Gasteiger partial charge in [-0.15, -0.1) is 6.58 Å². The van der Waals surface area contributed by atoms with Crippen LogP contribution >= 0.6 is 0 Å². The lowest BCUT2D eigenvalue weighted by Crippen LogP contribution is -2.27. The summed E-state index contributed by atoms with van der Waals surface area (Å²) in [5.74, 6) is 1.95. The van der Waals surface area contributed by atoms with E-state index in [9.17, 15) is 4.79 Å². The first-order valence-corrected chi connectivity index (χ1v) is 11.1. The first kappa shape index (κ1) is 26.0. The highest BCUT2D eigenvalue weighted by Gasteiger charge is 2.23. The van der Waals surface area contributed by atoms with Crippen LogP contribution in [0.3, 0.4) is 0 Å². The van der Waals surface area contributed by atoms with E-state index in [4.69, 9.17) is 14.2 Å². The topological polar surface area (TPSA) is 44.8 Å². The molecule has 0 saturated heterocycles. The number of allylic oxidation sites excluding steroid dienone is 2. The summed E-state index contributed by atoms with van der Waals surface area (Å²) in [7, 11) is 0. The molecule has 176 valence electrons. The summed E-state index contributed by atoms with van der Waals surface area (Å²) >= 11 is 0. The summed E-state index contributed by atoms with van der Waals surface area (Å²) in [6, 6.07) is 11.0. The molecule has 0 aliphatic rings. The van der Waals surface area contributed by atoms with E-state index in [1.165, 1.54) is 0 Å². The zero-order valence-electron chi connectivity index (χ0n) is 20.7. The molecule has 0 bridgehead atoms. The number of ketones is 1. The molecule has 4 heteroatoms. The van der Waals surface area contributed by atoms with Gasteiger partial charge in [-0.25, -0.2) is 0 Å². The Bertz CT molecular complexity index is 1000. The Morgan fingerprint density at radius 2 is 1.55 bits per heavy atom. The molecule has 4 nitrogen and oxygen atoms in total. The average Bonchev–Trinajstić information content (AvgIpc) is 2.71. The second kappa shape index (κ2) is 11.0. The first-order chi connectivity index (χ1) is 15.4. The number of hydrogen-bond donors (Lipinski definition) is 0. The molecule has 0 spiro atoms. The highest BCUT2D eigenvalue weighted by molar-refractivity contribution is 6.06. The first-order valence-electron chi connectivity index (χ1n) is 11.1. The Balaban J connectivity index is 2.38. The van der Waals surface area contributed by atoms with Gasteiger partial charge in [-0.2, -0.15) is 0 Å². The van der Waals surface area contributed by atoms with E-state index in [2.05, 4.69) is 13.2 Å².